The minimum Gasteiger partial charge on any atom is -0.496 e. The Hall–Kier alpha value is -2.02. The van der Waals surface area contributed by atoms with Gasteiger partial charge >= 0.3 is 0 Å². The van der Waals surface area contributed by atoms with Gasteiger partial charge in [0.15, 0.2) is 0 Å². The van der Waals surface area contributed by atoms with Crippen molar-refractivity contribution in [2.75, 3.05) is 7.11 Å². The number of benzene rings is 1. The van der Waals surface area contributed by atoms with E-state index in [-0.39, 0.29) is 11.2 Å². The number of nitrogens with one attached hydrogen (secondary N) is 2. The van der Waals surface area contributed by atoms with E-state index in [0.29, 0.717) is 17.6 Å². The Labute approximate surface area is 139 Å². The van der Waals surface area contributed by atoms with Crippen molar-refractivity contribution in [2.45, 2.75) is 42.6 Å². The number of thioether (sulfide) groups is 1. The topological polar surface area (TPSA) is 79.9 Å². The van der Waals surface area contributed by atoms with E-state index in [1.165, 1.54) is 24.6 Å². The number of hydrogen-bond donors (Lipinski definition) is 2. The zero-order valence-corrected chi connectivity index (χ0v) is 14.0. The number of rotatable bonds is 7. The number of H-pyrrole nitrogens is 1. The molecule has 1 unspecified atom stereocenters. The molecule has 23 heavy (non-hydrogen) atoms. The third kappa shape index (κ3) is 4.04. The second-order valence-corrected chi connectivity index (χ2v) is 6.88. The van der Waals surface area contributed by atoms with Crippen molar-refractivity contribution >= 4 is 17.7 Å². The molecule has 3 rings (SSSR count). The summed E-state index contributed by atoms with van der Waals surface area (Å²) in [6.45, 7) is 2.30. The van der Waals surface area contributed by atoms with E-state index >= 15 is 0 Å². The van der Waals surface area contributed by atoms with Crippen molar-refractivity contribution < 1.29 is 9.53 Å². The fourth-order valence-electron chi connectivity index (χ4n) is 2.24. The van der Waals surface area contributed by atoms with Gasteiger partial charge in [-0.15, -0.1) is 5.10 Å². The molecule has 2 N–H and O–H groups in total. The van der Waals surface area contributed by atoms with Crippen LogP contribution < -0.4 is 10.1 Å². The van der Waals surface area contributed by atoms with E-state index in [0.717, 1.165) is 17.1 Å². The molecule has 2 aromatic rings. The Balaban J connectivity index is 1.52. The first kappa shape index (κ1) is 15.9. The van der Waals surface area contributed by atoms with Crippen molar-refractivity contribution in [3.63, 3.8) is 0 Å². The van der Waals surface area contributed by atoms with Crippen LogP contribution >= 0.6 is 11.8 Å². The van der Waals surface area contributed by atoms with Crippen molar-refractivity contribution in [3.05, 3.63) is 35.7 Å². The van der Waals surface area contributed by atoms with Crippen LogP contribution in [-0.2, 0) is 11.3 Å². The largest absolute Gasteiger partial charge is 0.496 e. The molecule has 1 aliphatic rings. The summed E-state index contributed by atoms with van der Waals surface area (Å²) in [6, 6.07) is 7.65. The van der Waals surface area contributed by atoms with Gasteiger partial charge in [-0.1, -0.05) is 30.0 Å². The van der Waals surface area contributed by atoms with E-state index in [9.17, 15) is 4.79 Å². The van der Waals surface area contributed by atoms with Crippen LogP contribution in [0.2, 0.25) is 0 Å². The third-order valence-corrected chi connectivity index (χ3v) is 4.70. The zero-order chi connectivity index (χ0) is 16.2. The molecule has 1 fully saturated rings. The van der Waals surface area contributed by atoms with Crippen LogP contribution in [0.3, 0.4) is 0 Å². The van der Waals surface area contributed by atoms with Gasteiger partial charge < -0.3 is 10.1 Å². The average Bonchev–Trinajstić information content (AvgIpc) is 3.32. The summed E-state index contributed by atoms with van der Waals surface area (Å²) in [4.78, 5) is 16.7. The minimum absolute atomic E-state index is 0.0429. The van der Waals surface area contributed by atoms with Gasteiger partial charge in [0.25, 0.3) is 0 Å². The van der Waals surface area contributed by atoms with Gasteiger partial charge in [0.1, 0.15) is 11.6 Å². The fourth-order valence-corrected chi connectivity index (χ4v) is 2.99. The lowest BCUT2D eigenvalue weighted by molar-refractivity contribution is -0.120. The quantitative estimate of drug-likeness (QED) is 0.762. The number of ether oxygens (including phenoxy) is 1. The lowest BCUT2D eigenvalue weighted by Gasteiger charge is -2.12. The number of methoxy groups -OCH3 is 1. The second kappa shape index (κ2) is 7.04. The maximum atomic E-state index is 12.2. The van der Waals surface area contributed by atoms with Gasteiger partial charge in [-0.2, -0.15) is 0 Å². The van der Waals surface area contributed by atoms with Crippen LogP contribution in [0, 0.1) is 0 Å². The average molecular weight is 332 g/mol. The standard InChI is InChI=1S/C16H20N4O2S/c1-10(23-16-18-14(19-20-16)11-7-8-11)15(21)17-9-12-5-3-4-6-13(12)22-2/h3-6,10-11H,7-9H2,1-2H3,(H,17,21)(H,18,19,20). The summed E-state index contributed by atoms with van der Waals surface area (Å²) in [6.07, 6.45) is 2.35. The summed E-state index contributed by atoms with van der Waals surface area (Å²) in [5.41, 5.74) is 0.953. The van der Waals surface area contributed by atoms with Crippen LogP contribution in [0.4, 0.5) is 0 Å². The molecule has 0 bridgehead atoms. The van der Waals surface area contributed by atoms with Crippen LogP contribution in [0.15, 0.2) is 29.4 Å². The fraction of sp³-hybridized carbons (Fsp3) is 0.438. The third-order valence-electron chi connectivity index (χ3n) is 3.74. The molecule has 1 heterocycles. The lowest BCUT2D eigenvalue weighted by atomic mass is 10.2. The van der Waals surface area contributed by atoms with E-state index in [2.05, 4.69) is 20.5 Å². The van der Waals surface area contributed by atoms with Gasteiger partial charge in [0, 0.05) is 18.0 Å². The Bertz CT molecular complexity index is 684. The molecule has 0 radical (unpaired) electrons. The molecule has 1 atom stereocenters. The minimum atomic E-state index is -0.257. The van der Waals surface area contributed by atoms with Gasteiger partial charge in [0.2, 0.25) is 11.1 Å². The summed E-state index contributed by atoms with van der Waals surface area (Å²) >= 11 is 1.37. The zero-order valence-electron chi connectivity index (χ0n) is 13.2. The second-order valence-electron chi connectivity index (χ2n) is 5.57. The maximum absolute atomic E-state index is 12.2. The van der Waals surface area contributed by atoms with Crippen LogP contribution in [0.25, 0.3) is 0 Å². The molecule has 1 saturated carbocycles. The van der Waals surface area contributed by atoms with Gasteiger partial charge in [-0.3, -0.25) is 9.89 Å². The highest BCUT2D eigenvalue weighted by atomic mass is 32.2. The number of para-hydroxylation sites is 1. The van der Waals surface area contributed by atoms with E-state index < -0.39 is 0 Å². The number of carbonyl (C=O) groups is 1. The molecule has 1 aromatic carbocycles. The van der Waals surface area contributed by atoms with Crippen molar-refractivity contribution in [3.8, 4) is 5.75 Å². The van der Waals surface area contributed by atoms with Crippen LogP contribution in [0.5, 0.6) is 5.75 Å². The molecular weight excluding hydrogens is 312 g/mol. The van der Waals surface area contributed by atoms with Crippen LogP contribution in [-0.4, -0.2) is 33.4 Å². The number of nitrogens with zero attached hydrogens (tertiary/aromatic N) is 2. The number of carbonyl (C=O) groups excluding carboxylic acids is 1. The molecule has 0 saturated heterocycles. The van der Waals surface area contributed by atoms with E-state index in [4.69, 9.17) is 4.74 Å². The molecule has 0 aliphatic heterocycles. The molecule has 6 nitrogen and oxygen atoms in total. The van der Waals surface area contributed by atoms with E-state index in [1.54, 1.807) is 7.11 Å². The summed E-state index contributed by atoms with van der Waals surface area (Å²) in [5.74, 6) is 2.20. The first-order chi connectivity index (χ1) is 11.2. The first-order valence-corrected chi connectivity index (χ1v) is 8.54. The highest BCUT2D eigenvalue weighted by Gasteiger charge is 2.27. The molecule has 0 spiro atoms. The van der Waals surface area contributed by atoms with Crippen LogP contribution in [0.1, 0.15) is 37.1 Å². The summed E-state index contributed by atoms with van der Waals surface area (Å²) in [7, 11) is 1.62. The molecular formula is C16H20N4O2S. The first-order valence-electron chi connectivity index (χ1n) is 7.66. The van der Waals surface area contributed by atoms with Gasteiger partial charge in [0.05, 0.1) is 12.4 Å². The normalized spacial score (nSPS) is 15.2. The summed E-state index contributed by atoms with van der Waals surface area (Å²) < 4.78 is 5.28. The van der Waals surface area contributed by atoms with Gasteiger partial charge in [-0.25, -0.2) is 4.98 Å². The molecule has 7 heteroatoms. The SMILES string of the molecule is COc1ccccc1CNC(=O)C(C)Sc1n[nH]c(C2CC2)n1. The number of aromatic amines is 1. The van der Waals surface area contributed by atoms with Crippen molar-refractivity contribution in [1.29, 1.82) is 0 Å². The Morgan fingerprint density at radius 2 is 2.26 bits per heavy atom. The monoisotopic (exact) mass is 332 g/mol. The summed E-state index contributed by atoms with van der Waals surface area (Å²) in [5, 5.41) is 10.4. The Morgan fingerprint density at radius 3 is 3.00 bits per heavy atom. The Kier molecular flexibility index (Phi) is 4.85. The molecule has 122 valence electrons. The molecule has 1 amide bonds. The van der Waals surface area contributed by atoms with E-state index in [1.807, 2.05) is 31.2 Å². The lowest BCUT2D eigenvalue weighted by Crippen LogP contribution is -2.30. The molecule has 1 aromatic heterocycles. The predicted molar refractivity (Wildman–Crippen MR) is 88.5 cm³/mol. The highest BCUT2D eigenvalue weighted by Crippen LogP contribution is 2.38. The van der Waals surface area contributed by atoms with Crippen molar-refractivity contribution in [2.24, 2.45) is 0 Å². The number of hydrogen-bond acceptors (Lipinski definition) is 5. The molecule has 1 aliphatic carbocycles. The maximum Gasteiger partial charge on any atom is 0.233 e. The number of aromatic nitrogens is 3. The number of amides is 1. The van der Waals surface area contributed by atoms with Crippen molar-refractivity contribution in [1.82, 2.24) is 20.5 Å². The predicted octanol–water partition coefficient (Wildman–Crippen LogP) is 2.49. The van der Waals surface area contributed by atoms with Gasteiger partial charge in [-0.05, 0) is 25.8 Å². The smallest absolute Gasteiger partial charge is 0.233 e. The highest BCUT2D eigenvalue weighted by molar-refractivity contribution is 8.00. The Morgan fingerprint density at radius 1 is 1.48 bits per heavy atom.